The van der Waals surface area contributed by atoms with Gasteiger partial charge in [-0.1, -0.05) is 11.6 Å². The maximum atomic E-state index is 12.5. The first-order chi connectivity index (χ1) is 11.8. The van der Waals surface area contributed by atoms with E-state index in [2.05, 4.69) is 15.0 Å². The van der Waals surface area contributed by atoms with Crippen LogP contribution in [0.5, 0.6) is 11.5 Å². The third-order valence-electron chi connectivity index (χ3n) is 3.91. The molecule has 1 fully saturated rings. The zero-order chi connectivity index (χ0) is 18.0. The van der Waals surface area contributed by atoms with Crippen molar-refractivity contribution in [3.63, 3.8) is 0 Å². The minimum atomic E-state index is -4.79. The Morgan fingerprint density at radius 2 is 1.88 bits per heavy atom. The molecule has 1 aliphatic heterocycles. The fourth-order valence-corrected chi connectivity index (χ4v) is 4.11. The van der Waals surface area contributed by atoms with Crippen LogP contribution in [0.1, 0.15) is 16.5 Å². The molecule has 1 aromatic carbocycles. The second-order valence-corrected chi connectivity index (χ2v) is 7.35. The van der Waals surface area contributed by atoms with Gasteiger partial charge in [0, 0.05) is 36.6 Å². The second kappa shape index (κ2) is 8.67. The molecular weight excluding hydrogens is 412 g/mol. The summed E-state index contributed by atoms with van der Waals surface area (Å²) in [6.07, 6.45) is -4.79. The molecule has 26 heavy (non-hydrogen) atoms. The smallest absolute Gasteiger partial charge is 0.508 e. The van der Waals surface area contributed by atoms with Crippen molar-refractivity contribution in [3.05, 3.63) is 45.1 Å². The molecule has 0 radical (unpaired) electrons. The number of halogens is 5. The summed E-state index contributed by atoms with van der Waals surface area (Å²) in [7, 11) is 0. The molecule has 0 unspecified atom stereocenters. The van der Waals surface area contributed by atoms with Crippen LogP contribution in [-0.2, 0) is 0 Å². The summed E-state index contributed by atoms with van der Waals surface area (Å²) >= 11 is 7.38. The Kier molecular flexibility index (Phi) is 7.04. The standard InChI is InChI=1S/C16H16ClF3N2O2S.ClH/c17-14-4-3-13(25-14)15(22-7-5-21-6-8-22)11-9-10(1-2-12(11)23)24-16(18,19)20;/h1-4,9,15,21,23H,5-8H2;1H/t15-;/m1./s1. The van der Waals surface area contributed by atoms with E-state index in [-0.39, 0.29) is 23.9 Å². The van der Waals surface area contributed by atoms with Gasteiger partial charge in [-0.15, -0.1) is 36.9 Å². The van der Waals surface area contributed by atoms with Gasteiger partial charge in [-0.25, -0.2) is 0 Å². The van der Waals surface area contributed by atoms with E-state index < -0.39 is 12.4 Å². The SMILES string of the molecule is Cl.Oc1ccc(OC(F)(F)F)cc1[C@H](c1ccc(Cl)s1)N1CCNCC1. The number of aromatic hydroxyl groups is 1. The molecule has 1 atom stereocenters. The first kappa shape index (κ1) is 21.1. The number of nitrogens with one attached hydrogen (secondary N) is 1. The van der Waals surface area contributed by atoms with E-state index in [1.54, 1.807) is 6.07 Å². The van der Waals surface area contributed by atoms with Crippen molar-refractivity contribution < 1.29 is 23.0 Å². The quantitative estimate of drug-likeness (QED) is 0.756. The summed E-state index contributed by atoms with van der Waals surface area (Å²) in [5, 5.41) is 13.5. The van der Waals surface area contributed by atoms with E-state index in [1.807, 2.05) is 6.07 Å². The number of piperazine rings is 1. The maximum Gasteiger partial charge on any atom is 0.573 e. The monoisotopic (exact) mass is 428 g/mol. The summed E-state index contributed by atoms with van der Waals surface area (Å²) in [4.78, 5) is 2.96. The molecule has 0 saturated carbocycles. The van der Waals surface area contributed by atoms with Gasteiger partial charge >= 0.3 is 6.36 Å². The molecule has 1 aromatic heterocycles. The summed E-state index contributed by atoms with van der Waals surface area (Å²) in [6.45, 7) is 2.91. The Balaban J connectivity index is 0.00000243. The molecule has 10 heteroatoms. The molecule has 144 valence electrons. The van der Waals surface area contributed by atoms with Gasteiger partial charge in [-0.2, -0.15) is 0 Å². The molecule has 2 heterocycles. The summed E-state index contributed by atoms with van der Waals surface area (Å²) in [6, 6.07) is 6.74. The van der Waals surface area contributed by atoms with Crippen molar-refractivity contribution in [3.8, 4) is 11.5 Å². The fourth-order valence-electron chi connectivity index (χ4n) is 2.89. The lowest BCUT2D eigenvalue weighted by molar-refractivity contribution is -0.274. The number of alkyl halides is 3. The molecule has 0 amide bonds. The third kappa shape index (κ3) is 5.17. The largest absolute Gasteiger partial charge is 0.573 e. The van der Waals surface area contributed by atoms with Gasteiger partial charge in [0.15, 0.2) is 0 Å². The van der Waals surface area contributed by atoms with Crippen LogP contribution in [0.3, 0.4) is 0 Å². The van der Waals surface area contributed by atoms with Crippen molar-refractivity contribution in [2.45, 2.75) is 12.4 Å². The van der Waals surface area contributed by atoms with Crippen molar-refractivity contribution in [2.75, 3.05) is 26.2 Å². The summed E-state index contributed by atoms with van der Waals surface area (Å²) in [5.74, 6) is -0.439. The number of benzene rings is 1. The van der Waals surface area contributed by atoms with Gasteiger partial charge in [0.2, 0.25) is 0 Å². The molecule has 1 saturated heterocycles. The second-order valence-electron chi connectivity index (χ2n) is 5.60. The normalized spacial score (nSPS) is 16.8. The van der Waals surface area contributed by atoms with E-state index in [0.29, 0.717) is 23.0 Å². The number of hydrogen-bond donors (Lipinski definition) is 2. The zero-order valence-corrected chi connectivity index (χ0v) is 15.8. The molecule has 0 bridgehead atoms. The van der Waals surface area contributed by atoms with E-state index in [1.165, 1.54) is 23.5 Å². The zero-order valence-electron chi connectivity index (χ0n) is 13.4. The molecule has 0 aliphatic carbocycles. The van der Waals surface area contributed by atoms with Crippen LogP contribution in [0.15, 0.2) is 30.3 Å². The molecule has 1 aliphatic rings. The van der Waals surface area contributed by atoms with Gasteiger partial charge < -0.3 is 15.2 Å². The van der Waals surface area contributed by atoms with Gasteiger partial charge in [0.1, 0.15) is 11.5 Å². The first-order valence-electron chi connectivity index (χ1n) is 7.62. The summed E-state index contributed by atoms with van der Waals surface area (Å²) in [5.41, 5.74) is 0.363. The topological polar surface area (TPSA) is 44.7 Å². The van der Waals surface area contributed by atoms with E-state index in [0.717, 1.165) is 24.0 Å². The van der Waals surface area contributed by atoms with Crippen LogP contribution < -0.4 is 10.1 Å². The summed E-state index contributed by atoms with van der Waals surface area (Å²) < 4.78 is 42.2. The Morgan fingerprint density at radius 1 is 1.19 bits per heavy atom. The Hall–Kier alpha value is -1.19. The van der Waals surface area contributed by atoms with Crippen LogP contribution in [0.2, 0.25) is 4.34 Å². The Labute approximate surface area is 163 Å². The Morgan fingerprint density at radius 3 is 2.46 bits per heavy atom. The van der Waals surface area contributed by atoms with Crippen LogP contribution >= 0.6 is 35.3 Å². The highest BCUT2D eigenvalue weighted by molar-refractivity contribution is 7.16. The number of phenolic OH excluding ortho intramolecular Hbond substituents is 1. The highest BCUT2D eigenvalue weighted by Gasteiger charge is 2.33. The van der Waals surface area contributed by atoms with Crippen molar-refractivity contribution in [1.82, 2.24) is 10.2 Å². The van der Waals surface area contributed by atoms with Gasteiger partial charge in [0.25, 0.3) is 0 Å². The predicted octanol–water partition coefficient (Wildman–Crippen LogP) is 4.42. The van der Waals surface area contributed by atoms with E-state index in [4.69, 9.17) is 11.6 Å². The van der Waals surface area contributed by atoms with Crippen molar-refractivity contribution in [2.24, 2.45) is 0 Å². The van der Waals surface area contributed by atoms with Crippen molar-refractivity contribution >= 4 is 35.3 Å². The molecule has 2 N–H and O–H groups in total. The molecule has 3 rings (SSSR count). The molecule has 2 aromatic rings. The maximum absolute atomic E-state index is 12.5. The molecule has 0 spiro atoms. The van der Waals surface area contributed by atoms with Crippen LogP contribution in [0, 0.1) is 0 Å². The average molecular weight is 429 g/mol. The number of phenols is 1. The van der Waals surface area contributed by atoms with E-state index >= 15 is 0 Å². The number of nitrogens with zero attached hydrogens (tertiary/aromatic N) is 1. The third-order valence-corrected chi connectivity index (χ3v) is 5.19. The Bertz CT molecular complexity index is 737. The fraction of sp³-hybridized carbons (Fsp3) is 0.375. The predicted molar refractivity (Wildman–Crippen MR) is 97.7 cm³/mol. The van der Waals surface area contributed by atoms with E-state index in [9.17, 15) is 18.3 Å². The lowest BCUT2D eigenvalue weighted by Gasteiger charge is -2.35. The first-order valence-corrected chi connectivity index (χ1v) is 8.81. The average Bonchev–Trinajstić information content (AvgIpc) is 2.96. The number of hydrogen-bond acceptors (Lipinski definition) is 5. The molecular formula is C16H17Cl2F3N2O2S. The van der Waals surface area contributed by atoms with Gasteiger partial charge in [-0.05, 0) is 30.3 Å². The minimum absolute atomic E-state index is 0. The van der Waals surface area contributed by atoms with Crippen LogP contribution in [0.25, 0.3) is 0 Å². The van der Waals surface area contributed by atoms with Gasteiger partial charge in [-0.3, -0.25) is 4.90 Å². The highest BCUT2D eigenvalue weighted by Crippen LogP contribution is 2.40. The lowest BCUT2D eigenvalue weighted by Crippen LogP contribution is -2.45. The van der Waals surface area contributed by atoms with Crippen LogP contribution in [-0.4, -0.2) is 42.5 Å². The number of thiophene rings is 1. The molecule has 4 nitrogen and oxygen atoms in total. The number of rotatable bonds is 4. The number of ether oxygens (including phenoxy) is 1. The highest BCUT2D eigenvalue weighted by atomic mass is 35.5. The van der Waals surface area contributed by atoms with Crippen LogP contribution in [0.4, 0.5) is 13.2 Å². The van der Waals surface area contributed by atoms with Gasteiger partial charge in [0.05, 0.1) is 10.4 Å². The minimum Gasteiger partial charge on any atom is -0.508 e. The van der Waals surface area contributed by atoms with Crippen molar-refractivity contribution in [1.29, 1.82) is 0 Å². The lowest BCUT2D eigenvalue weighted by atomic mass is 10.0.